The van der Waals surface area contributed by atoms with Gasteiger partial charge in [-0.3, -0.25) is 0 Å². The van der Waals surface area contributed by atoms with Crippen molar-refractivity contribution in [1.82, 2.24) is 9.78 Å². The highest BCUT2D eigenvalue weighted by atomic mass is 19.1. The molecule has 0 radical (unpaired) electrons. The predicted molar refractivity (Wildman–Crippen MR) is 57.4 cm³/mol. The molecular weight excluding hydrogens is 207 g/mol. The predicted octanol–water partition coefficient (Wildman–Crippen LogP) is 1.77. The first-order valence-corrected chi connectivity index (χ1v) is 4.63. The van der Waals surface area contributed by atoms with Crippen molar-refractivity contribution in [3.8, 4) is 11.8 Å². The molecule has 16 heavy (non-hydrogen) atoms. The minimum Gasteiger partial charge on any atom is -0.382 e. The van der Waals surface area contributed by atoms with E-state index in [1.54, 1.807) is 13.0 Å². The molecule has 0 fully saturated rings. The number of hydrogen-bond donors (Lipinski definition) is 1. The Labute approximate surface area is 91.7 Å². The van der Waals surface area contributed by atoms with E-state index in [2.05, 4.69) is 5.10 Å². The van der Waals surface area contributed by atoms with E-state index in [4.69, 9.17) is 11.0 Å². The van der Waals surface area contributed by atoms with Crippen molar-refractivity contribution in [2.45, 2.75) is 6.92 Å². The Morgan fingerprint density at radius 1 is 1.44 bits per heavy atom. The summed E-state index contributed by atoms with van der Waals surface area (Å²) in [6.07, 6.45) is 1.36. The van der Waals surface area contributed by atoms with Crippen LogP contribution >= 0.6 is 0 Å². The summed E-state index contributed by atoms with van der Waals surface area (Å²) >= 11 is 0. The van der Waals surface area contributed by atoms with Crippen LogP contribution in [0.5, 0.6) is 0 Å². The van der Waals surface area contributed by atoms with Crippen molar-refractivity contribution in [3.05, 3.63) is 41.3 Å². The van der Waals surface area contributed by atoms with Crippen LogP contribution in [0.15, 0.2) is 24.4 Å². The zero-order valence-corrected chi connectivity index (χ0v) is 8.61. The third-order valence-electron chi connectivity index (χ3n) is 2.20. The van der Waals surface area contributed by atoms with E-state index in [9.17, 15) is 4.39 Å². The average Bonchev–Trinajstić information content (AvgIpc) is 2.58. The van der Waals surface area contributed by atoms with Crippen LogP contribution in [0.1, 0.15) is 11.1 Å². The lowest BCUT2D eigenvalue weighted by Gasteiger charge is -2.05. The van der Waals surface area contributed by atoms with Gasteiger partial charge < -0.3 is 5.73 Å². The minimum absolute atomic E-state index is 0.215. The molecule has 0 aliphatic heterocycles. The normalized spacial score (nSPS) is 10.1. The first-order valence-electron chi connectivity index (χ1n) is 4.63. The number of hydrogen-bond acceptors (Lipinski definition) is 3. The molecule has 0 atom stereocenters. The molecular formula is C11H9FN4. The summed E-state index contributed by atoms with van der Waals surface area (Å²) in [5, 5.41) is 12.7. The van der Waals surface area contributed by atoms with E-state index in [1.807, 2.05) is 6.07 Å². The highest BCUT2D eigenvalue weighted by molar-refractivity contribution is 5.53. The van der Waals surface area contributed by atoms with Crippen LogP contribution in [0.25, 0.3) is 5.69 Å². The maximum atomic E-state index is 13.2. The van der Waals surface area contributed by atoms with Crippen molar-refractivity contribution in [3.63, 3.8) is 0 Å². The van der Waals surface area contributed by atoms with E-state index in [0.29, 0.717) is 5.69 Å². The Bertz CT molecular complexity index is 560. The zero-order chi connectivity index (χ0) is 11.7. The van der Waals surface area contributed by atoms with Crippen LogP contribution in [-0.2, 0) is 0 Å². The number of nitriles is 1. The second kappa shape index (κ2) is 3.66. The Kier molecular flexibility index (Phi) is 2.33. The summed E-state index contributed by atoms with van der Waals surface area (Å²) in [6, 6.07) is 6.38. The number of nitrogens with two attached hydrogens (primary N) is 1. The van der Waals surface area contributed by atoms with Gasteiger partial charge in [-0.1, -0.05) is 0 Å². The van der Waals surface area contributed by atoms with Gasteiger partial charge in [0, 0.05) is 0 Å². The van der Waals surface area contributed by atoms with Gasteiger partial charge in [0.15, 0.2) is 0 Å². The molecule has 0 bridgehead atoms. The SMILES string of the molecule is Cc1cc(F)cc(-n2ncc(C#N)c2N)c1. The molecule has 0 aliphatic carbocycles. The lowest BCUT2D eigenvalue weighted by atomic mass is 10.2. The molecule has 2 N–H and O–H groups in total. The van der Waals surface area contributed by atoms with Crippen molar-refractivity contribution in [1.29, 1.82) is 5.26 Å². The fourth-order valence-electron chi connectivity index (χ4n) is 1.49. The number of nitrogen functional groups attached to an aromatic ring is 1. The van der Waals surface area contributed by atoms with E-state index in [0.717, 1.165) is 5.56 Å². The summed E-state index contributed by atoms with van der Waals surface area (Å²) in [6.45, 7) is 1.78. The number of rotatable bonds is 1. The molecule has 0 saturated carbocycles. The third kappa shape index (κ3) is 1.61. The molecule has 0 spiro atoms. The maximum Gasteiger partial charge on any atom is 0.145 e. The second-order valence-electron chi connectivity index (χ2n) is 3.45. The lowest BCUT2D eigenvalue weighted by Crippen LogP contribution is -2.03. The van der Waals surface area contributed by atoms with E-state index in [-0.39, 0.29) is 17.2 Å². The molecule has 2 rings (SSSR count). The van der Waals surface area contributed by atoms with Crippen LogP contribution in [-0.4, -0.2) is 9.78 Å². The number of aryl methyl sites for hydroxylation is 1. The van der Waals surface area contributed by atoms with Gasteiger partial charge in [0.2, 0.25) is 0 Å². The molecule has 0 unspecified atom stereocenters. The van der Waals surface area contributed by atoms with Gasteiger partial charge in [-0.05, 0) is 30.7 Å². The summed E-state index contributed by atoms with van der Waals surface area (Å²) in [5.41, 5.74) is 7.26. The van der Waals surface area contributed by atoms with E-state index >= 15 is 0 Å². The molecule has 1 aromatic carbocycles. The summed E-state index contributed by atoms with van der Waals surface area (Å²) in [5.74, 6) is -0.143. The van der Waals surface area contributed by atoms with Gasteiger partial charge in [-0.25, -0.2) is 9.07 Å². The van der Waals surface area contributed by atoms with Gasteiger partial charge in [0.1, 0.15) is 23.3 Å². The number of anilines is 1. The zero-order valence-electron chi connectivity index (χ0n) is 8.61. The molecule has 4 nitrogen and oxygen atoms in total. The largest absolute Gasteiger partial charge is 0.382 e. The molecule has 1 heterocycles. The van der Waals surface area contributed by atoms with Crippen LogP contribution in [0, 0.1) is 24.1 Å². The van der Waals surface area contributed by atoms with Crippen LogP contribution < -0.4 is 5.73 Å². The molecule has 0 saturated heterocycles. The summed E-state index contributed by atoms with van der Waals surface area (Å²) in [7, 11) is 0. The molecule has 1 aromatic heterocycles. The third-order valence-corrected chi connectivity index (χ3v) is 2.20. The highest BCUT2D eigenvalue weighted by Gasteiger charge is 2.09. The van der Waals surface area contributed by atoms with Gasteiger partial charge in [0.05, 0.1) is 11.9 Å². The molecule has 0 aliphatic rings. The summed E-state index contributed by atoms with van der Waals surface area (Å²) < 4.78 is 14.5. The van der Waals surface area contributed by atoms with Gasteiger partial charge in [0.25, 0.3) is 0 Å². The first-order chi connectivity index (χ1) is 7.61. The Hall–Kier alpha value is -2.35. The Morgan fingerprint density at radius 3 is 2.75 bits per heavy atom. The maximum absolute atomic E-state index is 13.2. The highest BCUT2D eigenvalue weighted by Crippen LogP contribution is 2.18. The van der Waals surface area contributed by atoms with Crippen molar-refractivity contribution < 1.29 is 4.39 Å². The topological polar surface area (TPSA) is 67.6 Å². The average molecular weight is 216 g/mol. The molecule has 0 amide bonds. The fraction of sp³-hybridized carbons (Fsp3) is 0.0909. The monoisotopic (exact) mass is 216 g/mol. The van der Waals surface area contributed by atoms with E-state index < -0.39 is 0 Å². The number of benzene rings is 1. The standard InChI is InChI=1S/C11H9FN4/c1-7-2-9(12)4-10(3-7)16-11(14)8(5-13)6-15-16/h2-4,6H,14H2,1H3. The van der Waals surface area contributed by atoms with Gasteiger partial charge in [-0.2, -0.15) is 10.4 Å². The second-order valence-corrected chi connectivity index (χ2v) is 3.45. The Balaban J connectivity index is 2.59. The van der Waals surface area contributed by atoms with Gasteiger partial charge >= 0.3 is 0 Å². The lowest BCUT2D eigenvalue weighted by molar-refractivity contribution is 0.624. The number of aromatic nitrogens is 2. The van der Waals surface area contributed by atoms with Crippen molar-refractivity contribution >= 4 is 5.82 Å². The fourth-order valence-corrected chi connectivity index (χ4v) is 1.49. The van der Waals surface area contributed by atoms with Crippen molar-refractivity contribution in [2.24, 2.45) is 0 Å². The first kappa shape index (κ1) is 10.2. The summed E-state index contributed by atoms with van der Waals surface area (Å²) in [4.78, 5) is 0. The molecule has 5 heteroatoms. The van der Waals surface area contributed by atoms with Crippen LogP contribution in [0.4, 0.5) is 10.2 Å². The van der Waals surface area contributed by atoms with Gasteiger partial charge in [-0.15, -0.1) is 0 Å². The van der Waals surface area contributed by atoms with Crippen molar-refractivity contribution in [2.75, 3.05) is 5.73 Å². The minimum atomic E-state index is -0.358. The number of nitrogens with zero attached hydrogens (tertiary/aromatic N) is 3. The Morgan fingerprint density at radius 2 is 2.19 bits per heavy atom. The quantitative estimate of drug-likeness (QED) is 0.789. The molecule has 80 valence electrons. The van der Waals surface area contributed by atoms with E-state index in [1.165, 1.54) is 23.0 Å². The molecule has 2 aromatic rings. The number of halogens is 1. The van der Waals surface area contributed by atoms with Crippen LogP contribution in [0.3, 0.4) is 0 Å². The van der Waals surface area contributed by atoms with Crippen LogP contribution in [0.2, 0.25) is 0 Å². The smallest absolute Gasteiger partial charge is 0.145 e.